The zero-order valence-electron chi connectivity index (χ0n) is 14.4. The summed E-state index contributed by atoms with van der Waals surface area (Å²) >= 11 is 1.69. The third-order valence-electron chi connectivity index (χ3n) is 3.91. The molecule has 2 heterocycles. The minimum atomic E-state index is -3.27. The summed E-state index contributed by atoms with van der Waals surface area (Å²) in [7, 11) is -1.73. The van der Waals surface area contributed by atoms with Gasteiger partial charge < -0.3 is 0 Å². The van der Waals surface area contributed by atoms with Crippen molar-refractivity contribution in [3.63, 3.8) is 0 Å². The standard InChI is InChI=1S/C17H20N4O2S2/c1-4-21-17(18-16(19-21)12-15-6-5-11-24-15)13-7-9-14(10-8-13)20(2)25(3,22)23/h5-11H,4,12H2,1-3H3. The molecule has 0 aliphatic heterocycles. The number of aryl methyl sites for hydroxylation is 1. The van der Waals surface area contributed by atoms with Crippen LogP contribution in [0, 0.1) is 0 Å². The average molecular weight is 377 g/mol. The molecule has 3 rings (SSSR count). The minimum Gasteiger partial charge on any atom is -0.274 e. The number of hydrogen-bond donors (Lipinski definition) is 0. The van der Waals surface area contributed by atoms with E-state index in [0.29, 0.717) is 12.1 Å². The summed E-state index contributed by atoms with van der Waals surface area (Å²) in [6.07, 6.45) is 1.90. The fourth-order valence-corrected chi connectivity index (χ4v) is 3.69. The quantitative estimate of drug-likeness (QED) is 0.663. The van der Waals surface area contributed by atoms with Crippen molar-refractivity contribution in [2.45, 2.75) is 19.9 Å². The van der Waals surface area contributed by atoms with Crippen LogP contribution >= 0.6 is 11.3 Å². The smallest absolute Gasteiger partial charge is 0.231 e. The highest BCUT2D eigenvalue weighted by atomic mass is 32.2. The molecule has 0 aliphatic rings. The molecule has 8 heteroatoms. The van der Waals surface area contributed by atoms with Gasteiger partial charge in [-0.05, 0) is 42.6 Å². The molecule has 132 valence electrons. The first-order valence-corrected chi connectivity index (χ1v) is 10.6. The largest absolute Gasteiger partial charge is 0.274 e. The van der Waals surface area contributed by atoms with E-state index in [-0.39, 0.29) is 0 Å². The van der Waals surface area contributed by atoms with Gasteiger partial charge in [0.2, 0.25) is 10.0 Å². The van der Waals surface area contributed by atoms with Gasteiger partial charge in [-0.1, -0.05) is 6.07 Å². The minimum absolute atomic E-state index is 0.618. The van der Waals surface area contributed by atoms with Crippen molar-refractivity contribution in [2.24, 2.45) is 0 Å². The highest BCUT2D eigenvalue weighted by Crippen LogP contribution is 2.23. The molecule has 0 unspecified atom stereocenters. The molecule has 3 aromatic rings. The molecule has 0 spiro atoms. The van der Waals surface area contributed by atoms with Gasteiger partial charge in [0, 0.05) is 30.5 Å². The number of sulfonamides is 1. The molecule has 2 aromatic heterocycles. The molecule has 0 amide bonds. The molecule has 0 bridgehead atoms. The molecule has 0 fully saturated rings. The van der Waals surface area contributed by atoms with Gasteiger partial charge in [0.05, 0.1) is 11.9 Å². The lowest BCUT2D eigenvalue weighted by atomic mass is 10.2. The number of thiophene rings is 1. The van der Waals surface area contributed by atoms with Gasteiger partial charge in [-0.15, -0.1) is 11.3 Å². The van der Waals surface area contributed by atoms with Crippen LogP contribution in [0.4, 0.5) is 5.69 Å². The lowest BCUT2D eigenvalue weighted by molar-refractivity contribution is 0.600. The summed E-state index contributed by atoms with van der Waals surface area (Å²) in [5, 5.41) is 6.63. The Morgan fingerprint density at radius 1 is 1.20 bits per heavy atom. The van der Waals surface area contributed by atoms with E-state index in [9.17, 15) is 8.42 Å². The van der Waals surface area contributed by atoms with E-state index in [2.05, 4.69) is 16.1 Å². The number of aromatic nitrogens is 3. The topological polar surface area (TPSA) is 68.1 Å². The van der Waals surface area contributed by atoms with Crippen LogP contribution < -0.4 is 4.31 Å². The Morgan fingerprint density at radius 2 is 1.92 bits per heavy atom. The molecule has 1 aromatic carbocycles. The highest BCUT2D eigenvalue weighted by Gasteiger charge is 2.14. The Morgan fingerprint density at radius 3 is 2.48 bits per heavy atom. The molecule has 0 saturated heterocycles. The average Bonchev–Trinajstić information content (AvgIpc) is 3.23. The normalized spacial score (nSPS) is 11.6. The second-order valence-corrected chi connectivity index (χ2v) is 8.75. The van der Waals surface area contributed by atoms with Crippen molar-refractivity contribution in [3.8, 4) is 11.4 Å². The third kappa shape index (κ3) is 3.91. The Balaban J connectivity index is 1.89. The summed E-state index contributed by atoms with van der Waals surface area (Å²) in [6.45, 7) is 2.75. The molecule has 0 atom stereocenters. The van der Waals surface area contributed by atoms with Crippen LogP contribution in [0.15, 0.2) is 41.8 Å². The van der Waals surface area contributed by atoms with Crippen LogP contribution in [0.25, 0.3) is 11.4 Å². The SMILES string of the molecule is CCn1nc(Cc2cccs2)nc1-c1ccc(N(C)S(C)(=O)=O)cc1. The van der Waals surface area contributed by atoms with Crippen molar-refractivity contribution in [1.29, 1.82) is 0 Å². The van der Waals surface area contributed by atoms with E-state index in [1.807, 2.05) is 35.2 Å². The van der Waals surface area contributed by atoms with Crippen LogP contribution in [0.1, 0.15) is 17.6 Å². The van der Waals surface area contributed by atoms with Gasteiger partial charge >= 0.3 is 0 Å². The molecule has 0 saturated carbocycles. The van der Waals surface area contributed by atoms with E-state index >= 15 is 0 Å². The van der Waals surface area contributed by atoms with E-state index < -0.39 is 10.0 Å². The van der Waals surface area contributed by atoms with Crippen LogP contribution in [-0.4, -0.2) is 36.5 Å². The number of anilines is 1. The van der Waals surface area contributed by atoms with Gasteiger partial charge in [-0.2, -0.15) is 5.10 Å². The Bertz CT molecular complexity index is 945. The number of nitrogens with zero attached hydrogens (tertiary/aromatic N) is 4. The first-order valence-electron chi connectivity index (χ1n) is 7.89. The molecule has 25 heavy (non-hydrogen) atoms. The molecular formula is C17H20N4O2S2. The number of hydrogen-bond acceptors (Lipinski definition) is 5. The van der Waals surface area contributed by atoms with E-state index in [0.717, 1.165) is 23.8 Å². The van der Waals surface area contributed by atoms with E-state index in [1.165, 1.54) is 22.5 Å². The fourth-order valence-electron chi connectivity index (χ4n) is 2.48. The monoisotopic (exact) mass is 376 g/mol. The van der Waals surface area contributed by atoms with Crippen LogP contribution in [0.3, 0.4) is 0 Å². The zero-order chi connectivity index (χ0) is 18.0. The van der Waals surface area contributed by atoms with Crippen molar-refractivity contribution >= 4 is 27.0 Å². The number of rotatable bonds is 6. The maximum atomic E-state index is 11.6. The van der Waals surface area contributed by atoms with E-state index in [4.69, 9.17) is 0 Å². The predicted octanol–water partition coefficient (Wildman–Crippen LogP) is 3.01. The fraction of sp³-hybridized carbons (Fsp3) is 0.294. The van der Waals surface area contributed by atoms with Crippen molar-refractivity contribution in [1.82, 2.24) is 14.8 Å². The van der Waals surface area contributed by atoms with Crippen LogP contribution in [0.2, 0.25) is 0 Å². The maximum absolute atomic E-state index is 11.6. The summed E-state index contributed by atoms with van der Waals surface area (Å²) in [5.74, 6) is 1.58. The summed E-state index contributed by atoms with van der Waals surface area (Å²) in [4.78, 5) is 5.90. The Hall–Kier alpha value is -2.19. The van der Waals surface area contributed by atoms with Crippen molar-refractivity contribution < 1.29 is 8.42 Å². The van der Waals surface area contributed by atoms with E-state index in [1.54, 1.807) is 23.5 Å². The van der Waals surface area contributed by atoms with Crippen molar-refractivity contribution in [2.75, 3.05) is 17.6 Å². The van der Waals surface area contributed by atoms with Gasteiger partial charge in [-0.25, -0.2) is 18.1 Å². The molecule has 0 aliphatic carbocycles. The second-order valence-electron chi connectivity index (χ2n) is 5.70. The Labute approximate surface area is 151 Å². The first-order chi connectivity index (χ1) is 11.9. The van der Waals surface area contributed by atoms with Gasteiger partial charge in [0.25, 0.3) is 0 Å². The Kier molecular flexibility index (Phi) is 4.91. The molecule has 0 N–H and O–H groups in total. The highest BCUT2D eigenvalue weighted by molar-refractivity contribution is 7.92. The predicted molar refractivity (Wildman–Crippen MR) is 102 cm³/mol. The third-order valence-corrected chi connectivity index (χ3v) is 6.00. The van der Waals surface area contributed by atoms with Gasteiger partial charge in [0.1, 0.15) is 0 Å². The molecule has 6 nitrogen and oxygen atoms in total. The summed E-state index contributed by atoms with van der Waals surface area (Å²) in [6, 6.07) is 11.4. The molecule has 0 radical (unpaired) electrons. The van der Waals surface area contributed by atoms with Gasteiger partial charge in [-0.3, -0.25) is 4.31 Å². The van der Waals surface area contributed by atoms with Crippen molar-refractivity contribution in [3.05, 3.63) is 52.5 Å². The van der Waals surface area contributed by atoms with Gasteiger partial charge in [0.15, 0.2) is 11.6 Å². The number of benzene rings is 1. The lowest BCUT2D eigenvalue weighted by Gasteiger charge is -2.16. The second kappa shape index (κ2) is 6.97. The maximum Gasteiger partial charge on any atom is 0.231 e. The van der Waals surface area contributed by atoms with Crippen LogP contribution in [-0.2, 0) is 23.0 Å². The van der Waals surface area contributed by atoms with Crippen LogP contribution in [0.5, 0.6) is 0 Å². The lowest BCUT2D eigenvalue weighted by Crippen LogP contribution is -2.24. The first kappa shape index (κ1) is 17.6. The summed E-state index contributed by atoms with van der Waals surface area (Å²) < 4.78 is 26.4. The molecular weight excluding hydrogens is 356 g/mol. The zero-order valence-corrected chi connectivity index (χ0v) is 16.0. The summed E-state index contributed by atoms with van der Waals surface area (Å²) in [5.41, 5.74) is 1.53.